The summed E-state index contributed by atoms with van der Waals surface area (Å²) in [6, 6.07) is 0. The minimum absolute atomic E-state index is 0.312. The first kappa shape index (κ1) is 14.4. The van der Waals surface area contributed by atoms with E-state index in [4.69, 9.17) is 0 Å². The highest BCUT2D eigenvalue weighted by atomic mass is 16.4. The third kappa shape index (κ3) is 2.61. The molecule has 1 aliphatic heterocycles. The second-order valence-corrected chi connectivity index (χ2v) is 8.06. The molecule has 0 aromatic carbocycles. The van der Waals surface area contributed by atoms with Crippen LogP contribution in [0.4, 0.5) is 0 Å². The Balaban J connectivity index is 1.57. The summed E-state index contributed by atoms with van der Waals surface area (Å²) >= 11 is 0. The lowest BCUT2D eigenvalue weighted by Crippen LogP contribution is -2.46. The van der Waals surface area contributed by atoms with Gasteiger partial charge in [-0.05, 0) is 76.2 Å². The number of fused-ring (bicyclic) bond motifs is 2. The monoisotopic (exact) mass is 279 g/mol. The van der Waals surface area contributed by atoms with Crippen molar-refractivity contribution in [3.63, 3.8) is 0 Å². The highest BCUT2D eigenvalue weighted by molar-refractivity contribution is 5.74. The van der Waals surface area contributed by atoms with Crippen LogP contribution in [0.15, 0.2) is 0 Å². The number of hydrogen-bond acceptors (Lipinski definition) is 2. The molecule has 1 saturated heterocycles. The Labute approximate surface area is 122 Å². The average Bonchev–Trinajstić information content (AvgIpc) is 3.01. The van der Waals surface area contributed by atoms with E-state index in [9.17, 15) is 9.90 Å². The largest absolute Gasteiger partial charge is 0.481 e. The maximum absolute atomic E-state index is 11.5. The molecule has 3 rings (SSSR count). The number of hydrogen-bond donors (Lipinski definition) is 1. The smallest absolute Gasteiger partial charge is 0.309 e. The van der Waals surface area contributed by atoms with Gasteiger partial charge in [-0.25, -0.2) is 0 Å². The van der Waals surface area contributed by atoms with E-state index in [0.29, 0.717) is 5.92 Å². The number of carboxylic acid groups (broad SMARTS) is 1. The molecule has 4 unspecified atom stereocenters. The van der Waals surface area contributed by atoms with E-state index in [0.717, 1.165) is 30.7 Å². The molecular formula is C17H29NO2. The zero-order valence-electron chi connectivity index (χ0n) is 13.0. The van der Waals surface area contributed by atoms with Gasteiger partial charge in [-0.2, -0.15) is 0 Å². The van der Waals surface area contributed by atoms with Crippen molar-refractivity contribution in [1.82, 2.24) is 4.90 Å². The number of aliphatic carboxylic acids is 1. The summed E-state index contributed by atoms with van der Waals surface area (Å²) in [5.74, 6) is 2.57. The summed E-state index contributed by atoms with van der Waals surface area (Å²) in [6.45, 7) is 7.21. The van der Waals surface area contributed by atoms with Crippen LogP contribution in [-0.2, 0) is 4.79 Å². The Bertz CT molecular complexity index is 379. The van der Waals surface area contributed by atoms with Crippen LogP contribution in [0.2, 0.25) is 0 Å². The molecule has 3 aliphatic rings. The van der Waals surface area contributed by atoms with E-state index in [1.807, 2.05) is 13.8 Å². The molecule has 0 spiro atoms. The van der Waals surface area contributed by atoms with Gasteiger partial charge in [0.15, 0.2) is 0 Å². The van der Waals surface area contributed by atoms with E-state index in [1.54, 1.807) is 0 Å². The standard InChI is InChI=1S/C17H29NO2/c1-17(2,16(19)20)15-4-3-7-18(11-15)10-14-9-12-5-6-13(14)8-12/h12-15H,3-11H2,1-2H3,(H,19,20). The normalized spacial score (nSPS) is 38.3. The molecule has 3 heteroatoms. The van der Waals surface area contributed by atoms with Crippen molar-refractivity contribution in [2.75, 3.05) is 19.6 Å². The summed E-state index contributed by atoms with van der Waals surface area (Å²) in [7, 11) is 0. The van der Waals surface area contributed by atoms with Crippen molar-refractivity contribution < 1.29 is 9.90 Å². The number of likely N-dealkylation sites (tertiary alicyclic amines) is 1. The van der Waals surface area contributed by atoms with Crippen molar-refractivity contribution in [2.45, 2.75) is 52.4 Å². The van der Waals surface area contributed by atoms with Crippen molar-refractivity contribution in [3.8, 4) is 0 Å². The molecule has 2 aliphatic carbocycles. The molecule has 2 saturated carbocycles. The van der Waals surface area contributed by atoms with E-state index in [2.05, 4.69) is 4.90 Å². The average molecular weight is 279 g/mol. The number of piperidine rings is 1. The van der Waals surface area contributed by atoms with Crippen LogP contribution >= 0.6 is 0 Å². The Morgan fingerprint density at radius 1 is 1.25 bits per heavy atom. The molecule has 0 amide bonds. The van der Waals surface area contributed by atoms with Gasteiger partial charge in [-0.15, -0.1) is 0 Å². The van der Waals surface area contributed by atoms with Crippen LogP contribution in [0, 0.1) is 29.1 Å². The van der Waals surface area contributed by atoms with Crippen molar-refractivity contribution in [2.24, 2.45) is 29.1 Å². The van der Waals surface area contributed by atoms with Crippen molar-refractivity contribution >= 4 is 5.97 Å². The molecule has 20 heavy (non-hydrogen) atoms. The Kier molecular flexibility index (Phi) is 3.83. The van der Waals surface area contributed by atoms with Crippen LogP contribution in [0.3, 0.4) is 0 Å². The molecule has 4 atom stereocenters. The maximum atomic E-state index is 11.5. The summed E-state index contributed by atoms with van der Waals surface area (Å²) in [5, 5.41) is 9.43. The Morgan fingerprint density at radius 3 is 2.65 bits per heavy atom. The first-order valence-electron chi connectivity index (χ1n) is 8.42. The zero-order valence-corrected chi connectivity index (χ0v) is 13.0. The van der Waals surface area contributed by atoms with E-state index >= 15 is 0 Å². The third-order valence-corrected chi connectivity index (χ3v) is 6.45. The molecule has 2 bridgehead atoms. The predicted octanol–water partition coefficient (Wildman–Crippen LogP) is 3.25. The first-order valence-corrected chi connectivity index (χ1v) is 8.42. The molecule has 0 aromatic rings. The summed E-state index contributed by atoms with van der Waals surface area (Å²) in [4.78, 5) is 14.0. The fourth-order valence-corrected chi connectivity index (χ4v) is 4.92. The van der Waals surface area contributed by atoms with Crippen molar-refractivity contribution in [1.29, 1.82) is 0 Å². The number of carboxylic acids is 1. The van der Waals surface area contributed by atoms with Gasteiger partial charge < -0.3 is 10.0 Å². The quantitative estimate of drug-likeness (QED) is 0.859. The van der Waals surface area contributed by atoms with Gasteiger partial charge in [0.1, 0.15) is 0 Å². The molecule has 0 aromatic heterocycles. The van der Waals surface area contributed by atoms with Crippen LogP contribution in [-0.4, -0.2) is 35.6 Å². The Morgan fingerprint density at radius 2 is 2.05 bits per heavy atom. The molecule has 1 N–H and O–H groups in total. The highest BCUT2D eigenvalue weighted by Crippen LogP contribution is 2.48. The second kappa shape index (κ2) is 5.32. The SMILES string of the molecule is CC(C)(C(=O)O)C1CCCN(CC2CC3CCC2C3)C1. The molecule has 114 valence electrons. The van der Waals surface area contributed by atoms with Gasteiger partial charge in [-0.1, -0.05) is 6.42 Å². The lowest BCUT2D eigenvalue weighted by molar-refractivity contribution is -0.151. The molecule has 1 heterocycles. The van der Waals surface area contributed by atoms with Gasteiger partial charge in [0.25, 0.3) is 0 Å². The lowest BCUT2D eigenvalue weighted by atomic mass is 9.74. The van der Waals surface area contributed by atoms with Crippen LogP contribution in [0.25, 0.3) is 0 Å². The fraction of sp³-hybridized carbons (Fsp3) is 0.941. The van der Waals surface area contributed by atoms with Gasteiger partial charge in [0.2, 0.25) is 0 Å². The number of carbonyl (C=O) groups is 1. The molecular weight excluding hydrogens is 250 g/mol. The minimum Gasteiger partial charge on any atom is -0.481 e. The molecule has 0 radical (unpaired) electrons. The van der Waals surface area contributed by atoms with Crippen molar-refractivity contribution in [3.05, 3.63) is 0 Å². The maximum Gasteiger partial charge on any atom is 0.309 e. The number of rotatable bonds is 4. The van der Waals surface area contributed by atoms with Crippen LogP contribution in [0.1, 0.15) is 52.4 Å². The number of nitrogens with zero attached hydrogens (tertiary/aromatic N) is 1. The van der Waals surface area contributed by atoms with Gasteiger partial charge >= 0.3 is 5.97 Å². The van der Waals surface area contributed by atoms with E-state index in [-0.39, 0.29) is 0 Å². The highest BCUT2D eigenvalue weighted by Gasteiger charge is 2.42. The summed E-state index contributed by atoms with van der Waals surface area (Å²) in [5.41, 5.74) is -0.576. The fourth-order valence-electron chi connectivity index (χ4n) is 4.92. The summed E-state index contributed by atoms with van der Waals surface area (Å²) in [6.07, 6.45) is 8.08. The van der Waals surface area contributed by atoms with E-state index < -0.39 is 11.4 Å². The Hall–Kier alpha value is -0.570. The van der Waals surface area contributed by atoms with Gasteiger partial charge in [-0.3, -0.25) is 4.79 Å². The van der Waals surface area contributed by atoms with E-state index in [1.165, 1.54) is 45.2 Å². The molecule has 3 nitrogen and oxygen atoms in total. The summed E-state index contributed by atoms with van der Waals surface area (Å²) < 4.78 is 0. The minimum atomic E-state index is -0.635. The van der Waals surface area contributed by atoms with Gasteiger partial charge in [0.05, 0.1) is 5.41 Å². The lowest BCUT2D eigenvalue weighted by Gasteiger charge is -2.41. The topological polar surface area (TPSA) is 40.5 Å². The van der Waals surface area contributed by atoms with Crippen LogP contribution < -0.4 is 0 Å². The van der Waals surface area contributed by atoms with Gasteiger partial charge in [0, 0.05) is 13.1 Å². The van der Waals surface area contributed by atoms with Crippen LogP contribution in [0.5, 0.6) is 0 Å². The first-order chi connectivity index (χ1) is 9.46. The zero-order chi connectivity index (χ0) is 14.3. The second-order valence-electron chi connectivity index (χ2n) is 8.06. The molecule has 3 fully saturated rings. The predicted molar refractivity (Wildman–Crippen MR) is 79.5 cm³/mol. The third-order valence-electron chi connectivity index (χ3n) is 6.45.